The number of nitrogens with one attached hydrogen (secondary N) is 1. The zero-order chi connectivity index (χ0) is 16.1. The molecule has 0 bridgehead atoms. The molecule has 116 valence electrons. The van der Waals surface area contributed by atoms with E-state index in [0.717, 1.165) is 5.56 Å². The number of aromatic amines is 1. The minimum atomic E-state index is -1.04. The Bertz CT molecular complexity index is 670. The van der Waals surface area contributed by atoms with Crippen LogP contribution in [0.2, 0.25) is 0 Å². The number of hydrogen-bond donors (Lipinski definition) is 2. The van der Waals surface area contributed by atoms with Gasteiger partial charge in [-0.15, -0.1) is 0 Å². The van der Waals surface area contributed by atoms with Crippen molar-refractivity contribution in [3.63, 3.8) is 0 Å². The van der Waals surface area contributed by atoms with E-state index in [9.17, 15) is 9.59 Å². The third-order valence-electron chi connectivity index (χ3n) is 3.07. The van der Waals surface area contributed by atoms with Crippen LogP contribution in [0.3, 0.4) is 0 Å². The maximum Gasteiger partial charge on any atom is 0.323 e. The molecule has 22 heavy (non-hydrogen) atoms. The second-order valence-electron chi connectivity index (χ2n) is 4.75. The highest BCUT2D eigenvalue weighted by atomic mass is 79.9. The number of aliphatic carboxylic acids is 1. The molecule has 1 heterocycles. The average molecular weight is 366 g/mol. The van der Waals surface area contributed by atoms with E-state index in [1.165, 1.54) is 4.90 Å². The number of benzene rings is 1. The van der Waals surface area contributed by atoms with E-state index in [0.29, 0.717) is 23.1 Å². The van der Waals surface area contributed by atoms with Gasteiger partial charge in [0.25, 0.3) is 5.91 Å². The zero-order valence-electron chi connectivity index (χ0n) is 12.0. The summed E-state index contributed by atoms with van der Waals surface area (Å²) in [5, 5.41) is 15.8. The van der Waals surface area contributed by atoms with Gasteiger partial charge in [0.2, 0.25) is 0 Å². The van der Waals surface area contributed by atoms with E-state index in [2.05, 4.69) is 26.1 Å². The smallest absolute Gasteiger partial charge is 0.323 e. The molecule has 0 unspecified atom stereocenters. The summed E-state index contributed by atoms with van der Waals surface area (Å²) in [5.74, 6) is -1.42. The Morgan fingerprint density at radius 1 is 1.32 bits per heavy atom. The Morgan fingerprint density at radius 3 is 2.59 bits per heavy atom. The number of hydrogen-bond acceptors (Lipinski definition) is 3. The molecule has 0 aliphatic heterocycles. The first-order valence-electron chi connectivity index (χ1n) is 6.85. The number of carbonyl (C=O) groups excluding carboxylic acids is 1. The molecule has 1 aromatic heterocycles. The Kier molecular flexibility index (Phi) is 5.32. The van der Waals surface area contributed by atoms with Crippen LogP contribution in [0, 0.1) is 0 Å². The number of carboxylic acids is 1. The van der Waals surface area contributed by atoms with Crippen LogP contribution in [0.4, 0.5) is 0 Å². The average Bonchev–Trinajstić information content (AvgIpc) is 2.88. The number of H-pyrrole nitrogens is 1. The van der Waals surface area contributed by atoms with Gasteiger partial charge in [-0.05, 0) is 22.4 Å². The fraction of sp³-hybridized carbons (Fsp3) is 0.267. The molecule has 6 nitrogen and oxygen atoms in total. The minimum Gasteiger partial charge on any atom is -0.480 e. The van der Waals surface area contributed by atoms with Crippen LogP contribution in [-0.2, 0) is 4.79 Å². The van der Waals surface area contributed by atoms with Gasteiger partial charge < -0.3 is 10.0 Å². The molecule has 2 N–H and O–H groups in total. The molecule has 0 saturated carbocycles. The highest BCUT2D eigenvalue weighted by Crippen LogP contribution is 2.29. The topological polar surface area (TPSA) is 86.3 Å². The maximum absolute atomic E-state index is 12.5. The number of nitrogens with zero attached hydrogens (tertiary/aromatic N) is 2. The molecule has 0 aliphatic rings. The molecule has 0 spiro atoms. The lowest BCUT2D eigenvalue weighted by Gasteiger charge is -2.19. The van der Waals surface area contributed by atoms with Gasteiger partial charge in [0.15, 0.2) is 0 Å². The number of aromatic nitrogens is 2. The van der Waals surface area contributed by atoms with Crippen molar-refractivity contribution in [2.75, 3.05) is 13.1 Å². The van der Waals surface area contributed by atoms with Crippen molar-refractivity contribution in [2.45, 2.75) is 13.3 Å². The highest BCUT2D eigenvalue weighted by molar-refractivity contribution is 9.10. The summed E-state index contributed by atoms with van der Waals surface area (Å²) in [7, 11) is 0. The molecule has 2 aromatic rings. The SMILES string of the molecule is CCCN(CC(=O)O)C(=O)c1[nH]nc(-c2ccccc2)c1Br. The Morgan fingerprint density at radius 2 is 2.00 bits per heavy atom. The van der Waals surface area contributed by atoms with Gasteiger partial charge in [0.1, 0.15) is 17.9 Å². The Balaban J connectivity index is 2.30. The maximum atomic E-state index is 12.5. The third kappa shape index (κ3) is 3.54. The normalized spacial score (nSPS) is 10.5. The molecule has 7 heteroatoms. The molecule has 0 atom stereocenters. The largest absolute Gasteiger partial charge is 0.480 e. The van der Waals surface area contributed by atoms with Crippen molar-refractivity contribution in [1.82, 2.24) is 15.1 Å². The van der Waals surface area contributed by atoms with E-state index in [-0.39, 0.29) is 18.1 Å². The molecular formula is C15H16BrN3O3. The molecule has 0 fully saturated rings. The van der Waals surface area contributed by atoms with Gasteiger partial charge in [-0.1, -0.05) is 37.3 Å². The second kappa shape index (κ2) is 7.22. The van der Waals surface area contributed by atoms with E-state index < -0.39 is 5.97 Å². The molecular weight excluding hydrogens is 350 g/mol. The summed E-state index contributed by atoms with van der Waals surface area (Å²) < 4.78 is 0.537. The van der Waals surface area contributed by atoms with Crippen molar-refractivity contribution in [2.24, 2.45) is 0 Å². The van der Waals surface area contributed by atoms with Crippen LogP contribution in [-0.4, -0.2) is 45.2 Å². The van der Waals surface area contributed by atoms with Crippen molar-refractivity contribution >= 4 is 27.8 Å². The highest BCUT2D eigenvalue weighted by Gasteiger charge is 2.24. The standard InChI is InChI=1S/C15H16BrN3O3/c1-2-8-19(9-11(20)21)15(22)14-12(16)13(17-18-14)10-6-4-3-5-7-10/h3-7H,2,8-9H2,1H3,(H,17,18)(H,20,21). The Labute approximate surface area is 136 Å². The van der Waals surface area contributed by atoms with Crippen molar-refractivity contribution in [3.05, 3.63) is 40.5 Å². The third-order valence-corrected chi connectivity index (χ3v) is 3.85. The van der Waals surface area contributed by atoms with Crippen LogP contribution in [0.1, 0.15) is 23.8 Å². The zero-order valence-corrected chi connectivity index (χ0v) is 13.6. The fourth-order valence-corrected chi connectivity index (χ4v) is 2.68. The summed E-state index contributed by atoms with van der Waals surface area (Å²) >= 11 is 3.39. The quantitative estimate of drug-likeness (QED) is 0.823. The minimum absolute atomic E-state index is 0.258. The van der Waals surface area contributed by atoms with Crippen molar-refractivity contribution < 1.29 is 14.7 Å². The predicted octanol–water partition coefficient (Wildman–Crippen LogP) is 2.78. The number of carbonyl (C=O) groups is 2. The fourth-order valence-electron chi connectivity index (χ4n) is 2.10. The van der Waals surface area contributed by atoms with Gasteiger partial charge in [-0.3, -0.25) is 14.7 Å². The second-order valence-corrected chi connectivity index (χ2v) is 5.54. The van der Waals surface area contributed by atoms with Gasteiger partial charge in [0, 0.05) is 12.1 Å². The molecule has 0 saturated heterocycles. The lowest BCUT2D eigenvalue weighted by atomic mass is 10.1. The van der Waals surface area contributed by atoms with E-state index in [1.54, 1.807) is 0 Å². The van der Waals surface area contributed by atoms with Crippen LogP contribution >= 0.6 is 15.9 Å². The number of rotatable bonds is 6. The summed E-state index contributed by atoms with van der Waals surface area (Å²) in [6.45, 7) is 1.93. The summed E-state index contributed by atoms with van der Waals surface area (Å²) in [5.41, 5.74) is 1.74. The molecule has 1 amide bonds. The van der Waals surface area contributed by atoms with Crippen molar-refractivity contribution in [1.29, 1.82) is 0 Å². The molecule has 0 radical (unpaired) electrons. The number of carboxylic acid groups (broad SMARTS) is 1. The van der Waals surface area contributed by atoms with Gasteiger partial charge >= 0.3 is 5.97 Å². The van der Waals surface area contributed by atoms with Gasteiger partial charge in [0.05, 0.1) is 4.47 Å². The van der Waals surface area contributed by atoms with E-state index in [1.807, 2.05) is 37.3 Å². The van der Waals surface area contributed by atoms with E-state index in [4.69, 9.17) is 5.11 Å². The molecule has 0 aliphatic carbocycles. The van der Waals surface area contributed by atoms with Crippen molar-refractivity contribution in [3.8, 4) is 11.3 Å². The first-order valence-corrected chi connectivity index (χ1v) is 7.64. The van der Waals surface area contributed by atoms with E-state index >= 15 is 0 Å². The predicted molar refractivity (Wildman–Crippen MR) is 85.6 cm³/mol. The first-order chi connectivity index (χ1) is 10.5. The van der Waals surface area contributed by atoms with Crippen LogP contribution in [0.15, 0.2) is 34.8 Å². The number of amides is 1. The van der Waals surface area contributed by atoms with Gasteiger partial charge in [-0.2, -0.15) is 5.10 Å². The lowest BCUT2D eigenvalue weighted by molar-refractivity contribution is -0.137. The Hall–Kier alpha value is -2.15. The molecule has 2 rings (SSSR count). The first kappa shape index (κ1) is 16.2. The monoisotopic (exact) mass is 365 g/mol. The lowest BCUT2D eigenvalue weighted by Crippen LogP contribution is -2.36. The summed E-state index contributed by atoms with van der Waals surface area (Å²) in [4.78, 5) is 24.7. The van der Waals surface area contributed by atoms with Crippen LogP contribution in [0.5, 0.6) is 0 Å². The summed E-state index contributed by atoms with van der Waals surface area (Å²) in [6, 6.07) is 9.43. The van der Waals surface area contributed by atoms with Crippen LogP contribution < -0.4 is 0 Å². The summed E-state index contributed by atoms with van der Waals surface area (Å²) in [6.07, 6.45) is 0.677. The molecule has 1 aromatic carbocycles. The number of halogens is 1. The van der Waals surface area contributed by atoms with Gasteiger partial charge in [-0.25, -0.2) is 0 Å². The van der Waals surface area contributed by atoms with Crippen LogP contribution in [0.25, 0.3) is 11.3 Å².